The standard InChI is InChI=1S/C31H39BrN8O4S/c1-5-45(42,43)39-10-9-22(17-39)34-28-24(32)16-33-31-29(28)36-30(37-31)23-15-19(2)40(21(23)4)26-8-6-7-25(20(26)3)35-27(41)18-38-11-13-44-14-12-38/h6-8,15-16,22H,5,9-14,17-18H2,1-4H3,(H,35,41)(H2,33,34,36,37)/t22-/m0/s1. The van der Waals surface area contributed by atoms with Crippen LogP contribution in [0.4, 0.5) is 11.4 Å². The second-order valence-corrected chi connectivity index (χ2v) is 14.8. The highest BCUT2D eigenvalue weighted by molar-refractivity contribution is 9.10. The number of carbonyl (C=O) groups is 1. The quantitative estimate of drug-likeness (QED) is 0.237. The molecule has 3 aromatic heterocycles. The molecule has 0 aliphatic carbocycles. The zero-order chi connectivity index (χ0) is 31.9. The van der Waals surface area contributed by atoms with Crippen LogP contribution >= 0.6 is 15.9 Å². The number of nitrogens with zero attached hydrogens (tertiary/aromatic N) is 5. The topological polar surface area (TPSA) is 137 Å². The first-order valence-corrected chi connectivity index (χ1v) is 17.6. The van der Waals surface area contributed by atoms with Crippen LogP contribution < -0.4 is 10.6 Å². The number of sulfonamides is 1. The van der Waals surface area contributed by atoms with Gasteiger partial charge in [-0.3, -0.25) is 9.69 Å². The second-order valence-electron chi connectivity index (χ2n) is 11.7. The van der Waals surface area contributed by atoms with Crippen molar-refractivity contribution >= 4 is 54.4 Å². The van der Waals surface area contributed by atoms with Gasteiger partial charge in [0.1, 0.15) is 11.3 Å². The van der Waals surface area contributed by atoms with Gasteiger partial charge in [0.25, 0.3) is 0 Å². The van der Waals surface area contributed by atoms with E-state index in [2.05, 4.69) is 72.0 Å². The third-order valence-electron chi connectivity index (χ3n) is 8.71. The summed E-state index contributed by atoms with van der Waals surface area (Å²) in [7, 11) is -3.24. The van der Waals surface area contributed by atoms with Crippen LogP contribution in [-0.2, 0) is 19.6 Å². The molecular weight excluding hydrogens is 660 g/mol. The van der Waals surface area contributed by atoms with Crippen LogP contribution in [0.1, 0.15) is 30.3 Å². The second kappa shape index (κ2) is 12.8. The number of pyridine rings is 1. The number of aryl methyl sites for hydroxylation is 1. The first kappa shape index (κ1) is 31.7. The number of carbonyl (C=O) groups excluding carboxylic acids is 1. The van der Waals surface area contributed by atoms with E-state index in [1.807, 2.05) is 19.1 Å². The fourth-order valence-electron chi connectivity index (χ4n) is 6.21. The SMILES string of the molecule is CCS(=O)(=O)N1CC[C@H](Nc2c(Br)cnc3nc(-c4cc(C)n(-c5cccc(NC(=O)CN6CCOCC6)c5C)c4C)[nH]c23)C1. The smallest absolute Gasteiger partial charge is 0.238 e. The lowest BCUT2D eigenvalue weighted by Crippen LogP contribution is -2.41. The maximum atomic E-state index is 12.9. The molecule has 2 fully saturated rings. The van der Waals surface area contributed by atoms with Gasteiger partial charge in [0.2, 0.25) is 15.9 Å². The number of hydrogen-bond acceptors (Lipinski definition) is 8. The zero-order valence-corrected chi connectivity index (χ0v) is 28.4. The van der Waals surface area contributed by atoms with Gasteiger partial charge in [0.05, 0.1) is 41.4 Å². The van der Waals surface area contributed by atoms with Crippen LogP contribution in [0.5, 0.6) is 0 Å². The molecule has 4 aromatic rings. The summed E-state index contributed by atoms with van der Waals surface area (Å²) in [6.07, 6.45) is 2.43. The van der Waals surface area contributed by atoms with E-state index in [1.165, 1.54) is 0 Å². The fraction of sp³-hybridized carbons (Fsp3) is 0.452. The Labute approximate surface area is 271 Å². The first-order valence-electron chi connectivity index (χ1n) is 15.2. The highest BCUT2D eigenvalue weighted by Gasteiger charge is 2.31. The molecule has 240 valence electrons. The molecule has 1 aromatic carbocycles. The number of halogens is 1. The molecule has 0 bridgehead atoms. The maximum absolute atomic E-state index is 12.9. The van der Waals surface area contributed by atoms with Crippen LogP contribution in [0.15, 0.2) is 34.9 Å². The summed E-state index contributed by atoms with van der Waals surface area (Å²) >= 11 is 3.63. The monoisotopic (exact) mass is 698 g/mol. The third kappa shape index (κ3) is 6.39. The van der Waals surface area contributed by atoms with Crippen LogP contribution in [-0.4, -0.2) is 101 Å². The van der Waals surface area contributed by atoms with E-state index in [0.717, 1.165) is 62.7 Å². The van der Waals surface area contributed by atoms with Gasteiger partial charge in [-0.2, -0.15) is 4.31 Å². The number of H-pyrrole nitrogens is 1. The molecule has 2 aliphatic rings. The van der Waals surface area contributed by atoms with E-state index >= 15 is 0 Å². The summed E-state index contributed by atoms with van der Waals surface area (Å²) in [5.41, 5.74) is 7.82. The molecular formula is C31H39BrN8O4S. The van der Waals surface area contributed by atoms with Crippen molar-refractivity contribution in [2.45, 2.75) is 40.2 Å². The minimum Gasteiger partial charge on any atom is -0.379 e. The number of morpholine rings is 1. The lowest BCUT2D eigenvalue weighted by atomic mass is 10.1. The molecule has 0 spiro atoms. The van der Waals surface area contributed by atoms with Gasteiger partial charge in [-0.05, 0) is 73.8 Å². The van der Waals surface area contributed by atoms with Gasteiger partial charge >= 0.3 is 0 Å². The Morgan fingerprint density at radius 1 is 1.18 bits per heavy atom. The van der Waals surface area contributed by atoms with Gasteiger partial charge in [0.15, 0.2) is 5.65 Å². The highest BCUT2D eigenvalue weighted by atomic mass is 79.9. The number of fused-ring (bicyclic) bond motifs is 1. The van der Waals surface area contributed by atoms with E-state index in [0.29, 0.717) is 50.7 Å². The fourth-order valence-corrected chi connectivity index (χ4v) is 7.78. The molecule has 2 saturated heterocycles. The Balaban J connectivity index is 1.27. The van der Waals surface area contributed by atoms with Crippen molar-refractivity contribution in [1.29, 1.82) is 0 Å². The molecule has 2 aliphatic heterocycles. The van der Waals surface area contributed by atoms with E-state index in [-0.39, 0.29) is 17.7 Å². The summed E-state index contributed by atoms with van der Waals surface area (Å²) in [5.74, 6) is 0.743. The maximum Gasteiger partial charge on any atom is 0.238 e. The highest BCUT2D eigenvalue weighted by Crippen LogP contribution is 2.35. The molecule has 1 atom stereocenters. The number of anilines is 2. The zero-order valence-electron chi connectivity index (χ0n) is 26.0. The van der Waals surface area contributed by atoms with Crippen molar-refractivity contribution in [1.82, 2.24) is 28.7 Å². The summed E-state index contributed by atoms with van der Waals surface area (Å²) in [4.78, 5) is 27.9. The van der Waals surface area contributed by atoms with E-state index in [9.17, 15) is 13.2 Å². The average Bonchev–Trinajstić information content (AvgIpc) is 3.74. The van der Waals surface area contributed by atoms with Gasteiger partial charge in [-0.25, -0.2) is 18.4 Å². The minimum atomic E-state index is -3.24. The minimum absolute atomic E-state index is 0.0327. The molecule has 6 rings (SSSR count). The number of imidazole rings is 1. The summed E-state index contributed by atoms with van der Waals surface area (Å²) in [6, 6.07) is 8.02. The van der Waals surface area contributed by atoms with E-state index < -0.39 is 10.0 Å². The van der Waals surface area contributed by atoms with E-state index in [4.69, 9.17) is 9.72 Å². The van der Waals surface area contributed by atoms with Crippen molar-refractivity contribution in [2.75, 3.05) is 62.3 Å². The Kier molecular flexibility index (Phi) is 9.03. The number of amides is 1. The predicted octanol–water partition coefficient (Wildman–Crippen LogP) is 4.21. The van der Waals surface area contributed by atoms with Crippen molar-refractivity contribution in [2.24, 2.45) is 0 Å². The average molecular weight is 700 g/mol. The number of nitrogens with one attached hydrogen (secondary N) is 3. The van der Waals surface area contributed by atoms with Crippen molar-refractivity contribution in [3.05, 3.63) is 51.9 Å². The molecule has 1 amide bonds. The number of ether oxygens (including phenoxy) is 1. The summed E-state index contributed by atoms with van der Waals surface area (Å²) < 4.78 is 34.7. The van der Waals surface area contributed by atoms with Crippen molar-refractivity contribution < 1.29 is 17.9 Å². The Morgan fingerprint density at radius 2 is 1.96 bits per heavy atom. The van der Waals surface area contributed by atoms with Gasteiger partial charge in [0, 0.05) is 61.1 Å². The molecule has 0 radical (unpaired) electrons. The Morgan fingerprint density at radius 3 is 2.71 bits per heavy atom. The molecule has 12 nitrogen and oxygen atoms in total. The Bertz CT molecular complexity index is 1850. The first-order chi connectivity index (χ1) is 21.6. The van der Waals surface area contributed by atoms with Crippen LogP contribution in [0.2, 0.25) is 0 Å². The normalized spacial score (nSPS) is 18.1. The number of aromatic amines is 1. The molecule has 5 heterocycles. The van der Waals surface area contributed by atoms with Crippen LogP contribution in [0.25, 0.3) is 28.2 Å². The number of rotatable bonds is 9. The third-order valence-corrected chi connectivity index (χ3v) is 11.2. The van der Waals surface area contributed by atoms with Crippen molar-refractivity contribution in [3.8, 4) is 17.1 Å². The van der Waals surface area contributed by atoms with Crippen LogP contribution in [0, 0.1) is 20.8 Å². The molecule has 0 unspecified atom stereocenters. The summed E-state index contributed by atoms with van der Waals surface area (Å²) in [5, 5.41) is 6.65. The van der Waals surface area contributed by atoms with Crippen molar-refractivity contribution in [3.63, 3.8) is 0 Å². The number of aromatic nitrogens is 4. The van der Waals surface area contributed by atoms with Crippen LogP contribution in [0.3, 0.4) is 0 Å². The van der Waals surface area contributed by atoms with Gasteiger partial charge in [-0.1, -0.05) is 6.07 Å². The lowest BCUT2D eigenvalue weighted by Gasteiger charge is -2.26. The molecule has 14 heteroatoms. The number of hydrogen-bond donors (Lipinski definition) is 3. The van der Waals surface area contributed by atoms with E-state index in [1.54, 1.807) is 17.4 Å². The number of benzene rings is 1. The molecule has 0 saturated carbocycles. The van der Waals surface area contributed by atoms with Gasteiger partial charge < -0.3 is 24.9 Å². The molecule has 45 heavy (non-hydrogen) atoms. The largest absolute Gasteiger partial charge is 0.379 e. The summed E-state index contributed by atoms with van der Waals surface area (Å²) in [6.45, 7) is 11.9. The lowest BCUT2D eigenvalue weighted by molar-refractivity contribution is -0.118. The predicted molar refractivity (Wildman–Crippen MR) is 180 cm³/mol. The molecule has 3 N–H and O–H groups in total. The Hall–Kier alpha value is -3.30. The van der Waals surface area contributed by atoms with Gasteiger partial charge in [-0.15, -0.1) is 0 Å².